The number of alkyl halides is 3. The van der Waals surface area contributed by atoms with E-state index >= 15 is 0 Å². The van der Waals surface area contributed by atoms with Gasteiger partial charge in [0.25, 0.3) is 0 Å². The number of ketones is 1. The van der Waals surface area contributed by atoms with Crippen molar-refractivity contribution >= 4 is 11.5 Å². The molecule has 5 nitrogen and oxygen atoms in total. The number of Topliss-reactive ketones (excluding diaryl/α,β-unsaturated/α-hetero) is 1. The Hall–Kier alpha value is -2.90. The van der Waals surface area contributed by atoms with E-state index in [9.17, 15) is 28.1 Å². The summed E-state index contributed by atoms with van der Waals surface area (Å²) >= 11 is 0. The molecule has 0 aliphatic heterocycles. The van der Waals surface area contributed by atoms with E-state index in [1.807, 2.05) is 0 Å². The average molecular weight is 339 g/mol. The highest BCUT2D eigenvalue weighted by Gasteiger charge is 2.37. The number of carbonyl (C=O) groups excluding carboxylic acids is 1. The fourth-order valence-corrected chi connectivity index (χ4v) is 2.09. The summed E-state index contributed by atoms with van der Waals surface area (Å²) in [7, 11) is 0. The fourth-order valence-electron chi connectivity index (χ4n) is 2.09. The van der Waals surface area contributed by atoms with E-state index in [0.29, 0.717) is 17.7 Å². The number of nitro groups is 1. The Morgan fingerprint density at radius 3 is 2.33 bits per heavy atom. The molecule has 0 fully saturated rings. The summed E-state index contributed by atoms with van der Waals surface area (Å²) in [4.78, 5) is 21.6. The van der Waals surface area contributed by atoms with Crippen molar-refractivity contribution in [2.45, 2.75) is 19.7 Å². The summed E-state index contributed by atoms with van der Waals surface area (Å²) in [5, 5.41) is 11.1. The Morgan fingerprint density at radius 1 is 1.21 bits per heavy atom. The van der Waals surface area contributed by atoms with Gasteiger partial charge in [-0.05, 0) is 12.5 Å². The maximum absolute atomic E-state index is 13.1. The lowest BCUT2D eigenvalue weighted by atomic mass is 10.0. The van der Waals surface area contributed by atoms with E-state index < -0.39 is 39.4 Å². The predicted octanol–water partition coefficient (Wildman–Crippen LogP) is 4.40. The third kappa shape index (κ3) is 3.89. The molecule has 0 aliphatic carbocycles. The molecule has 0 saturated carbocycles. The van der Waals surface area contributed by atoms with Crippen LogP contribution in [0.4, 0.5) is 18.9 Å². The first-order chi connectivity index (χ1) is 11.2. The lowest BCUT2D eigenvalue weighted by Gasteiger charge is -2.14. The van der Waals surface area contributed by atoms with Crippen LogP contribution >= 0.6 is 0 Å². The van der Waals surface area contributed by atoms with Crippen molar-refractivity contribution < 1.29 is 27.6 Å². The Kier molecular flexibility index (Phi) is 4.87. The van der Waals surface area contributed by atoms with Crippen LogP contribution in [-0.2, 0) is 12.8 Å². The molecule has 0 amide bonds. The lowest BCUT2D eigenvalue weighted by Crippen LogP contribution is -2.13. The zero-order chi connectivity index (χ0) is 17.9. The summed E-state index contributed by atoms with van der Waals surface area (Å²) in [5.41, 5.74) is -2.08. The van der Waals surface area contributed by atoms with Crippen LogP contribution in [0.1, 0.15) is 28.4 Å². The average Bonchev–Trinajstić information content (AvgIpc) is 2.52. The highest BCUT2D eigenvalue weighted by molar-refractivity contribution is 5.96. The monoisotopic (exact) mass is 339 g/mol. The number of carbonyl (C=O) groups is 1. The molecule has 2 aromatic carbocycles. The van der Waals surface area contributed by atoms with Gasteiger partial charge in [-0.25, -0.2) is 0 Å². The van der Waals surface area contributed by atoms with Gasteiger partial charge in [-0.2, -0.15) is 13.2 Å². The first-order valence-electron chi connectivity index (χ1n) is 6.77. The molecular weight excluding hydrogens is 327 g/mol. The first kappa shape index (κ1) is 17.5. The summed E-state index contributed by atoms with van der Waals surface area (Å²) in [6.07, 6.45) is -4.83. The van der Waals surface area contributed by atoms with Crippen molar-refractivity contribution in [1.29, 1.82) is 0 Å². The number of halogens is 3. The second-order valence-electron chi connectivity index (χ2n) is 4.95. The van der Waals surface area contributed by atoms with E-state index in [0.717, 1.165) is 6.92 Å². The van der Waals surface area contributed by atoms with Crippen molar-refractivity contribution in [3.05, 3.63) is 69.3 Å². The third-order valence-electron chi connectivity index (χ3n) is 3.22. The van der Waals surface area contributed by atoms with Crippen LogP contribution in [0.2, 0.25) is 0 Å². The van der Waals surface area contributed by atoms with E-state index in [2.05, 4.69) is 0 Å². The molecule has 2 aromatic rings. The highest BCUT2D eigenvalue weighted by atomic mass is 19.4. The smallest absolute Gasteiger partial charge is 0.417 e. The summed E-state index contributed by atoms with van der Waals surface area (Å²) in [6, 6.07) is 9.58. The largest absolute Gasteiger partial charge is 0.482 e. The molecule has 126 valence electrons. The highest BCUT2D eigenvalue weighted by Crippen LogP contribution is 2.39. The number of hydrogen-bond donors (Lipinski definition) is 0. The van der Waals surface area contributed by atoms with Crippen LogP contribution in [-0.4, -0.2) is 10.7 Å². The van der Waals surface area contributed by atoms with Crippen LogP contribution in [0.25, 0.3) is 0 Å². The molecule has 0 bridgehead atoms. The SMILES string of the molecule is CC(=O)c1cc([N+](=O)[O-])c(OCc2ccccc2)cc1C(F)(F)F. The standard InChI is InChI=1S/C16H12F3NO4/c1-10(21)12-7-14(20(22)23)15(8-13(12)16(17,18)19)24-9-11-5-3-2-4-6-11/h2-8H,9H2,1H3. The summed E-state index contributed by atoms with van der Waals surface area (Å²) < 4.78 is 44.5. The van der Waals surface area contributed by atoms with Gasteiger partial charge < -0.3 is 4.74 Å². The van der Waals surface area contributed by atoms with Gasteiger partial charge in [-0.1, -0.05) is 30.3 Å². The Balaban J connectivity index is 2.48. The lowest BCUT2D eigenvalue weighted by molar-refractivity contribution is -0.386. The molecule has 0 atom stereocenters. The predicted molar refractivity (Wildman–Crippen MR) is 78.9 cm³/mol. The van der Waals surface area contributed by atoms with E-state index in [-0.39, 0.29) is 6.61 Å². The molecule has 2 rings (SSSR count). The van der Waals surface area contributed by atoms with Crippen molar-refractivity contribution in [2.75, 3.05) is 0 Å². The van der Waals surface area contributed by atoms with Crippen molar-refractivity contribution in [2.24, 2.45) is 0 Å². The number of rotatable bonds is 5. The van der Waals surface area contributed by atoms with E-state index in [1.165, 1.54) is 0 Å². The quantitative estimate of drug-likeness (QED) is 0.460. The topological polar surface area (TPSA) is 69.4 Å². The van der Waals surface area contributed by atoms with E-state index in [4.69, 9.17) is 4.74 Å². The van der Waals surface area contributed by atoms with Crippen LogP contribution in [0.5, 0.6) is 5.75 Å². The van der Waals surface area contributed by atoms with E-state index in [1.54, 1.807) is 30.3 Å². The van der Waals surface area contributed by atoms with Gasteiger partial charge in [0.1, 0.15) is 6.61 Å². The zero-order valence-corrected chi connectivity index (χ0v) is 12.5. The molecule has 0 heterocycles. The molecule has 0 unspecified atom stereocenters. The minimum Gasteiger partial charge on any atom is -0.482 e. The fraction of sp³-hybridized carbons (Fsp3) is 0.188. The minimum atomic E-state index is -4.83. The molecule has 0 saturated heterocycles. The Morgan fingerprint density at radius 2 is 1.83 bits per heavy atom. The molecular formula is C16H12F3NO4. The molecule has 0 aromatic heterocycles. The number of hydrogen-bond acceptors (Lipinski definition) is 4. The van der Waals surface area contributed by atoms with Crippen LogP contribution in [0.3, 0.4) is 0 Å². The zero-order valence-electron chi connectivity index (χ0n) is 12.5. The number of benzene rings is 2. The maximum atomic E-state index is 13.1. The van der Waals surface area contributed by atoms with Gasteiger partial charge in [-0.3, -0.25) is 14.9 Å². The Labute approximate surface area is 134 Å². The molecule has 24 heavy (non-hydrogen) atoms. The second-order valence-corrected chi connectivity index (χ2v) is 4.95. The van der Waals surface area contributed by atoms with Gasteiger partial charge >= 0.3 is 11.9 Å². The first-order valence-corrected chi connectivity index (χ1v) is 6.77. The molecule has 0 aliphatic rings. The van der Waals surface area contributed by atoms with Crippen LogP contribution < -0.4 is 4.74 Å². The van der Waals surface area contributed by atoms with Gasteiger partial charge in [0.15, 0.2) is 11.5 Å². The molecule has 0 N–H and O–H groups in total. The van der Waals surface area contributed by atoms with Gasteiger partial charge in [0, 0.05) is 17.7 Å². The maximum Gasteiger partial charge on any atom is 0.417 e. The van der Waals surface area contributed by atoms with Crippen molar-refractivity contribution in [1.82, 2.24) is 0 Å². The Bertz CT molecular complexity index is 773. The van der Waals surface area contributed by atoms with Gasteiger partial charge in [0.05, 0.1) is 10.5 Å². The number of nitro benzene ring substituents is 1. The summed E-state index contributed by atoms with van der Waals surface area (Å²) in [6.45, 7) is 0.775. The van der Waals surface area contributed by atoms with Gasteiger partial charge in [0.2, 0.25) is 0 Å². The molecule has 0 spiro atoms. The molecule has 0 radical (unpaired) electrons. The number of nitrogens with zero attached hydrogens (tertiary/aromatic N) is 1. The normalized spacial score (nSPS) is 11.2. The summed E-state index contributed by atoms with van der Waals surface area (Å²) in [5.74, 6) is -1.46. The van der Waals surface area contributed by atoms with Crippen molar-refractivity contribution in [3.8, 4) is 5.75 Å². The number of ether oxygens (including phenoxy) is 1. The third-order valence-corrected chi connectivity index (χ3v) is 3.22. The van der Waals surface area contributed by atoms with Crippen molar-refractivity contribution in [3.63, 3.8) is 0 Å². The second kappa shape index (κ2) is 6.69. The van der Waals surface area contributed by atoms with Crippen LogP contribution in [0.15, 0.2) is 42.5 Å². The molecule has 8 heteroatoms. The van der Waals surface area contributed by atoms with Crippen LogP contribution in [0, 0.1) is 10.1 Å². The van der Waals surface area contributed by atoms with Gasteiger partial charge in [-0.15, -0.1) is 0 Å². The minimum absolute atomic E-state index is 0.140.